The first kappa shape index (κ1) is 22.2. The van der Waals surface area contributed by atoms with E-state index >= 15 is 0 Å². The number of nitrogens with one attached hydrogen (secondary N) is 3. The Balaban J connectivity index is 0.00000254. The number of carbonyl (C=O) groups excluding carboxylic acids is 1. The molecule has 1 aromatic rings. The largest absolute Gasteiger partial charge is 0.378 e. The van der Waals surface area contributed by atoms with Crippen LogP contribution in [0.2, 0.25) is 0 Å². The first-order valence-corrected chi connectivity index (χ1v) is 8.87. The lowest BCUT2D eigenvalue weighted by Crippen LogP contribution is -2.32. The van der Waals surface area contributed by atoms with E-state index in [0.717, 1.165) is 22.3 Å². The predicted molar refractivity (Wildman–Crippen MR) is 103 cm³/mol. The zero-order valence-electron chi connectivity index (χ0n) is 14.2. The quantitative estimate of drug-likeness (QED) is 0.281. The Morgan fingerprint density at radius 1 is 1.21 bits per heavy atom. The summed E-state index contributed by atoms with van der Waals surface area (Å²) in [7, 11) is 0. The SMILES string of the molecule is CC.CC(=O)NCCOCCNC(=S)Nc1ccc(SC#N)cc1. The molecule has 0 saturated heterocycles. The van der Waals surface area contributed by atoms with Crippen molar-refractivity contribution in [3.63, 3.8) is 0 Å². The van der Waals surface area contributed by atoms with E-state index in [1.54, 1.807) is 0 Å². The number of amides is 1. The number of benzene rings is 1. The first-order valence-electron chi connectivity index (χ1n) is 7.65. The van der Waals surface area contributed by atoms with Crippen LogP contribution in [-0.2, 0) is 9.53 Å². The highest BCUT2D eigenvalue weighted by Crippen LogP contribution is 2.18. The summed E-state index contributed by atoms with van der Waals surface area (Å²) in [5, 5.41) is 19.8. The average molecular weight is 369 g/mol. The minimum atomic E-state index is -0.0636. The molecule has 1 rings (SSSR count). The van der Waals surface area contributed by atoms with Gasteiger partial charge in [0, 0.05) is 30.6 Å². The average Bonchev–Trinajstić information content (AvgIpc) is 2.57. The second kappa shape index (κ2) is 14.8. The molecule has 0 aliphatic rings. The smallest absolute Gasteiger partial charge is 0.216 e. The number of hydrogen-bond donors (Lipinski definition) is 3. The number of carbonyl (C=O) groups is 1. The Bertz CT molecular complexity index is 530. The topological polar surface area (TPSA) is 86.2 Å². The molecule has 1 amide bonds. The second-order valence-electron chi connectivity index (χ2n) is 4.19. The van der Waals surface area contributed by atoms with Gasteiger partial charge < -0.3 is 20.7 Å². The molecule has 0 unspecified atom stereocenters. The Kier molecular flexibility index (Phi) is 13.6. The highest BCUT2D eigenvalue weighted by Gasteiger charge is 1.98. The van der Waals surface area contributed by atoms with E-state index in [-0.39, 0.29) is 5.91 Å². The fourth-order valence-electron chi connectivity index (χ4n) is 1.47. The summed E-state index contributed by atoms with van der Waals surface area (Å²) < 4.78 is 5.33. The maximum absolute atomic E-state index is 10.6. The van der Waals surface area contributed by atoms with Crippen LogP contribution in [0.5, 0.6) is 0 Å². The summed E-state index contributed by atoms with van der Waals surface area (Å²) in [6, 6.07) is 7.42. The van der Waals surface area contributed by atoms with Crippen molar-refractivity contribution in [3.8, 4) is 5.40 Å². The molecule has 0 atom stereocenters. The van der Waals surface area contributed by atoms with Gasteiger partial charge in [0.2, 0.25) is 5.91 Å². The summed E-state index contributed by atoms with van der Waals surface area (Å²) in [5.41, 5.74) is 0.853. The summed E-state index contributed by atoms with van der Waals surface area (Å²) in [4.78, 5) is 11.5. The van der Waals surface area contributed by atoms with Gasteiger partial charge in [0.05, 0.1) is 13.2 Å². The van der Waals surface area contributed by atoms with Crippen LogP contribution in [0.4, 0.5) is 5.69 Å². The molecule has 0 fully saturated rings. The molecule has 0 aliphatic heterocycles. The summed E-state index contributed by atoms with van der Waals surface area (Å²) in [6.07, 6.45) is 0. The highest BCUT2D eigenvalue weighted by molar-refractivity contribution is 8.03. The van der Waals surface area contributed by atoms with Gasteiger partial charge in [-0.05, 0) is 48.2 Å². The van der Waals surface area contributed by atoms with E-state index < -0.39 is 0 Å². The molecule has 132 valence electrons. The number of hydrogen-bond acceptors (Lipinski definition) is 5. The zero-order chi connectivity index (χ0) is 18.2. The zero-order valence-corrected chi connectivity index (χ0v) is 15.9. The van der Waals surface area contributed by atoms with Crippen LogP contribution in [0.1, 0.15) is 20.8 Å². The van der Waals surface area contributed by atoms with Crippen molar-refractivity contribution in [2.45, 2.75) is 25.7 Å². The molecule has 0 bridgehead atoms. The predicted octanol–water partition coefficient (Wildman–Crippen LogP) is 2.73. The molecule has 0 aromatic heterocycles. The van der Waals surface area contributed by atoms with E-state index in [2.05, 4.69) is 16.0 Å². The molecular weight excluding hydrogens is 344 g/mol. The Hall–Kier alpha value is -1.82. The lowest BCUT2D eigenvalue weighted by Gasteiger charge is -2.11. The fraction of sp³-hybridized carbons (Fsp3) is 0.438. The van der Waals surface area contributed by atoms with Gasteiger partial charge in [0.15, 0.2) is 5.11 Å². The van der Waals surface area contributed by atoms with E-state index in [9.17, 15) is 4.79 Å². The van der Waals surface area contributed by atoms with Crippen molar-refractivity contribution in [1.29, 1.82) is 5.26 Å². The molecule has 0 heterocycles. The van der Waals surface area contributed by atoms with Gasteiger partial charge in [-0.1, -0.05) is 13.8 Å². The maximum Gasteiger partial charge on any atom is 0.216 e. The van der Waals surface area contributed by atoms with E-state index in [4.69, 9.17) is 22.2 Å². The van der Waals surface area contributed by atoms with Crippen LogP contribution < -0.4 is 16.0 Å². The van der Waals surface area contributed by atoms with Gasteiger partial charge in [-0.25, -0.2) is 0 Å². The van der Waals surface area contributed by atoms with Crippen LogP contribution in [0.3, 0.4) is 0 Å². The van der Waals surface area contributed by atoms with E-state index in [1.807, 2.05) is 43.5 Å². The lowest BCUT2D eigenvalue weighted by molar-refractivity contribution is -0.119. The summed E-state index contributed by atoms with van der Waals surface area (Å²) in [5.74, 6) is -0.0636. The molecule has 0 radical (unpaired) electrons. The number of nitriles is 1. The van der Waals surface area contributed by atoms with Gasteiger partial charge >= 0.3 is 0 Å². The van der Waals surface area contributed by atoms with Crippen molar-refractivity contribution in [2.24, 2.45) is 0 Å². The van der Waals surface area contributed by atoms with Gasteiger partial charge in [0.1, 0.15) is 5.40 Å². The number of anilines is 1. The summed E-state index contributed by atoms with van der Waals surface area (Å²) >= 11 is 6.28. The monoisotopic (exact) mass is 368 g/mol. The number of nitrogens with zero attached hydrogens (tertiary/aromatic N) is 1. The standard InChI is InChI=1S/C14H18N4O2S2.C2H6/c1-11(19)16-6-8-20-9-7-17-14(21)18-12-2-4-13(5-3-12)22-10-15;1-2/h2-5H,6-9H2,1H3,(H,16,19)(H2,17,18,21);1-2H3. The van der Waals surface area contributed by atoms with Crippen molar-refractivity contribution in [3.05, 3.63) is 24.3 Å². The second-order valence-corrected chi connectivity index (χ2v) is 5.46. The summed E-state index contributed by atoms with van der Waals surface area (Å²) in [6.45, 7) is 7.52. The number of thioether (sulfide) groups is 1. The van der Waals surface area contributed by atoms with Crippen molar-refractivity contribution >= 4 is 40.7 Å². The van der Waals surface area contributed by atoms with Crippen molar-refractivity contribution in [2.75, 3.05) is 31.6 Å². The molecular formula is C16H24N4O2S2. The normalized spacial score (nSPS) is 9.08. The van der Waals surface area contributed by atoms with Crippen LogP contribution in [0.15, 0.2) is 29.2 Å². The van der Waals surface area contributed by atoms with Gasteiger partial charge in [-0.15, -0.1) is 0 Å². The molecule has 0 saturated carbocycles. The van der Waals surface area contributed by atoms with Crippen molar-refractivity contribution in [1.82, 2.24) is 10.6 Å². The molecule has 24 heavy (non-hydrogen) atoms. The Morgan fingerprint density at radius 2 is 1.79 bits per heavy atom. The minimum absolute atomic E-state index is 0.0636. The highest BCUT2D eigenvalue weighted by atomic mass is 32.2. The lowest BCUT2D eigenvalue weighted by atomic mass is 10.3. The minimum Gasteiger partial charge on any atom is -0.378 e. The fourth-order valence-corrected chi connectivity index (χ4v) is 2.07. The Labute approximate surface area is 153 Å². The third kappa shape index (κ3) is 11.7. The number of thiocarbonyl (C=S) groups is 1. The molecule has 6 nitrogen and oxygen atoms in total. The molecule has 8 heteroatoms. The van der Waals surface area contributed by atoms with Gasteiger partial charge in [0.25, 0.3) is 0 Å². The van der Waals surface area contributed by atoms with E-state index in [0.29, 0.717) is 31.4 Å². The molecule has 1 aromatic carbocycles. The third-order valence-electron chi connectivity index (χ3n) is 2.43. The number of thiocyanates is 1. The maximum atomic E-state index is 10.6. The Morgan fingerprint density at radius 3 is 2.33 bits per heavy atom. The van der Waals surface area contributed by atoms with Crippen LogP contribution in [0, 0.1) is 10.7 Å². The first-order chi connectivity index (χ1) is 11.6. The van der Waals surface area contributed by atoms with E-state index in [1.165, 1.54) is 6.92 Å². The van der Waals surface area contributed by atoms with Crippen molar-refractivity contribution < 1.29 is 9.53 Å². The van der Waals surface area contributed by atoms with Gasteiger partial charge in [-0.2, -0.15) is 5.26 Å². The van der Waals surface area contributed by atoms with Crippen LogP contribution in [0.25, 0.3) is 0 Å². The molecule has 3 N–H and O–H groups in total. The van der Waals surface area contributed by atoms with Crippen LogP contribution >= 0.6 is 24.0 Å². The molecule has 0 aliphatic carbocycles. The number of rotatable bonds is 8. The third-order valence-corrected chi connectivity index (χ3v) is 3.27. The van der Waals surface area contributed by atoms with Crippen LogP contribution in [-0.4, -0.2) is 37.3 Å². The van der Waals surface area contributed by atoms with Gasteiger partial charge in [-0.3, -0.25) is 4.79 Å². The number of ether oxygens (including phenoxy) is 1. The molecule has 0 spiro atoms.